The highest BCUT2D eigenvalue weighted by molar-refractivity contribution is 5.46. The molecule has 1 amide bonds. The van der Waals surface area contributed by atoms with Gasteiger partial charge in [0.25, 0.3) is 0 Å². The van der Waals surface area contributed by atoms with Crippen molar-refractivity contribution in [3.8, 4) is 0 Å². The Morgan fingerprint density at radius 2 is 1.90 bits per heavy atom. The summed E-state index contributed by atoms with van der Waals surface area (Å²) >= 11 is 0. The predicted molar refractivity (Wildman–Crippen MR) is 40.8 cm³/mol. The maximum Gasteiger partial charge on any atom is 0.324 e. The highest BCUT2D eigenvalue weighted by Crippen LogP contribution is 1.80. The van der Waals surface area contributed by atoms with Gasteiger partial charge in [-0.05, 0) is 0 Å². The van der Waals surface area contributed by atoms with Crippen LogP contribution in [0, 0.1) is 0 Å². The molecule has 1 N–H and O–H groups in total. The summed E-state index contributed by atoms with van der Waals surface area (Å²) in [7, 11) is 0. The largest absolute Gasteiger partial charge is 0.324 e. The van der Waals surface area contributed by atoms with Gasteiger partial charge < -0.3 is 0 Å². The van der Waals surface area contributed by atoms with Crippen molar-refractivity contribution < 1.29 is 4.79 Å². The van der Waals surface area contributed by atoms with Crippen molar-refractivity contribution in [1.82, 2.24) is 10.4 Å². The molecule has 0 aliphatic rings. The van der Waals surface area contributed by atoms with Gasteiger partial charge in [-0.15, -0.1) is 13.2 Å². The van der Waals surface area contributed by atoms with Gasteiger partial charge in [0.1, 0.15) is 0 Å². The third kappa shape index (κ3) is 3.86. The maximum absolute atomic E-state index is 9.82. The molecular weight excluding hydrogens is 128 g/mol. The van der Waals surface area contributed by atoms with E-state index in [0.29, 0.717) is 13.1 Å². The van der Waals surface area contributed by atoms with Crippen LogP contribution in [0.1, 0.15) is 0 Å². The molecule has 3 heteroatoms. The topological polar surface area (TPSA) is 32.3 Å². The first-order chi connectivity index (χ1) is 4.85. The fourth-order valence-corrected chi connectivity index (χ4v) is 0.542. The van der Waals surface area contributed by atoms with Crippen molar-refractivity contribution in [2.24, 2.45) is 0 Å². The highest BCUT2D eigenvalue weighted by Gasteiger charge is 1.95. The van der Waals surface area contributed by atoms with Crippen LogP contribution in [0.4, 0.5) is 0 Å². The van der Waals surface area contributed by atoms with Crippen molar-refractivity contribution in [3.63, 3.8) is 0 Å². The zero-order valence-electron chi connectivity index (χ0n) is 5.84. The first-order valence-electron chi connectivity index (χ1n) is 2.94. The van der Waals surface area contributed by atoms with Gasteiger partial charge in [0.2, 0.25) is 0 Å². The summed E-state index contributed by atoms with van der Waals surface area (Å²) in [5.74, 6) is 0. The molecule has 1 radical (unpaired) electrons. The van der Waals surface area contributed by atoms with E-state index in [1.54, 1.807) is 23.6 Å². The lowest BCUT2D eigenvalue weighted by Crippen LogP contribution is -2.36. The van der Waals surface area contributed by atoms with Crippen molar-refractivity contribution >= 4 is 6.41 Å². The molecule has 0 rings (SSSR count). The first kappa shape index (κ1) is 8.91. The molecule has 0 spiro atoms. The van der Waals surface area contributed by atoms with Crippen LogP contribution in [-0.2, 0) is 4.79 Å². The molecule has 0 atom stereocenters. The van der Waals surface area contributed by atoms with Gasteiger partial charge in [-0.3, -0.25) is 10.2 Å². The third-order valence-electron chi connectivity index (χ3n) is 0.903. The number of carbonyl (C=O) groups excluding carboxylic acids is 1. The number of hydrogen-bond donors (Lipinski definition) is 1. The molecule has 0 bridgehead atoms. The van der Waals surface area contributed by atoms with E-state index >= 15 is 0 Å². The van der Waals surface area contributed by atoms with E-state index in [1.165, 1.54) is 0 Å². The molecule has 0 heterocycles. The predicted octanol–water partition coefficient (Wildman–Crippen LogP) is 0.232. The molecule has 0 aliphatic carbocycles. The summed E-state index contributed by atoms with van der Waals surface area (Å²) in [4.78, 5) is 9.82. The summed E-state index contributed by atoms with van der Waals surface area (Å²) < 4.78 is 0. The number of nitrogens with zero attached hydrogens (tertiary/aromatic N) is 1. The molecule has 0 aromatic carbocycles. The van der Waals surface area contributed by atoms with Gasteiger partial charge in [-0.25, -0.2) is 5.01 Å². The van der Waals surface area contributed by atoms with E-state index in [-0.39, 0.29) is 0 Å². The number of hydrazine groups is 1. The van der Waals surface area contributed by atoms with Crippen molar-refractivity contribution in [1.29, 1.82) is 0 Å². The molecule has 0 saturated heterocycles. The van der Waals surface area contributed by atoms with Crippen molar-refractivity contribution in [3.05, 3.63) is 25.3 Å². The van der Waals surface area contributed by atoms with E-state index in [1.807, 2.05) is 0 Å². The second-order valence-electron chi connectivity index (χ2n) is 1.70. The summed E-state index contributed by atoms with van der Waals surface area (Å²) in [5, 5.41) is 1.63. The van der Waals surface area contributed by atoms with E-state index in [0.717, 1.165) is 0 Å². The van der Waals surface area contributed by atoms with Crippen LogP contribution >= 0.6 is 0 Å². The summed E-state index contributed by atoms with van der Waals surface area (Å²) in [6.07, 6.45) is 4.94. The van der Waals surface area contributed by atoms with Gasteiger partial charge >= 0.3 is 6.41 Å². The molecule has 0 unspecified atom stereocenters. The fourth-order valence-electron chi connectivity index (χ4n) is 0.542. The van der Waals surface area contributed by atoms with E-state index in [9.17, 15) is 4.79 Å². The molecule has 0 fully saturated rings. The van der Waals surface area contributed by atoms with Crippen molar-refractivity contribution in [2.75, 3.05) is 13.1 Å². The average Bonchev–Trinajstić information content (AvgIpc) is 1.90. The average molecular weight is 139 g/mol. The van der Waals surface area contributed by atoms with E-state index < -0.39 is 0 Å². The zero-order chi connectivity index (χ0) is 7.82. The molecule has 0 saturated carbocycles. The zero-order valence-corrected chi connectivity index (χ0v) is 5.84. The number of nitrogens with one attached hydrogen (secondary N) is 1. The summed E-state index contributed by atoms with van der Waals surface area (Å²) in [6.45, 7) is 8.24. The molecular formula is C7H11N2O. The fraction of sp³-hybridized carbons (Fsp3) is 0.286. The lowest BCUT2D eigenvalue weighted by atomic mass is 10.5. The Morgan fingerprint density at radius 3 is 2.20 bits per heavy atom. The molecule has 0 aromatic heterocycles. The van der Waals surface area contributed by atoms with Crippen LogP contribution in [0.2, 0.25) is 0 Å². The van der Waals surface area contributed by atoms with Crippen LogP contribution in [0.3, 0.4) is 0 Å². The number of rotatable bonds is 6. The quantitative estimate of drug-likeness (QED) is 0.324. The Bertz CT molecular complexity index is 99.0. The first-order valence-corrected chi connectivity index (χ1v) is 2.94. The number of hydrogen-bond acceptors (Lipinski definition) is 2. The molecule has 3 nitrogen and oxygen atoms in total. The van der Waals surface area contributed by atoms with Gasteiger partial charge in [0.05, 0.1) is 0 Å². The van der Waals surface area contributed by atoms with Gasteiger partial charge in [-0.2, -0.15) is 0 Å². The van der Waals surface area contributed by atoms with Gasteiger partial charge in [-0.1, -0.05) is 12.2 Å². The monoisotopic (exact) mass is 139 g/mol. The second kappa shape index (κ2) is 6.04. The SMILES string of the molecule is C=CCN(CC=C)N[C]=O. The smallest absolute Gasteiger partial charge is 0.280 e. The Hall–Kier alpha value is -1.09. The number of amides is 1. The van der Waals surface area contributed by atoms with Crippen LogP contribution in [0.25, 0.3) is 0 Å². The highest BCUT2D eigenvalue weighted by atomic mass is 16.1. The van der Waals surface area contributed by atoms with Gasteiger partial charge in [0, 0.05) is 13.1 Å². The Kier molecular flexibility index (Phi) is 5.38. The molecule has 55 valence electrons. The van der Waals surface area contributed by atoms with Crippen LogP contribution in [0.5, 0.6) is 0 Å². The lowest BCUT2D eigenvalue weighted by molar-refractivity contribution is 0.284. The van der Waals surface area contributed by atoms with Crippen LogP contribution in [-0.4, -0.2) is 24.5 Å². The maximum atomic E-state index is 9.82. The standard InChI is InChI=1S/C7H11N2O/c1-3-5-9(6-4-2)8-7-10/h3-4H,1-2,5-6H2,(H,8,10). The van der Waals surface area contributed by atoms with Gasteiger partial charge in [0.15, 0.2) is 0 Å². The summed E-state index contributed by atoms with van der Waals surface area (Å²) in [5.41, 5.74) is 2.37. The van der Waals surface area contributed by atoms with Crippen molar-refractivity contribution in [2.45, 2.75) is 0 Å². The molecule has 0 aromatic rings. The lowest BCUT2D eigenvalue weighted by Gasteiger charge is -2.14. The van der Waals surface area contributed by atoms with Crippen LogP contribution in [0.15, 0.2) is 25.3 Å². The Labute approximate surface area is 61.0 Å². The molecule has 10 heavy (non-hydrogen) atoms. The second-order valence-corrected chi connectivity index (χ2v) is 1.70. The van der Waals surface area contributed by atoms with Crippen LogP contribution < -0.4 is 5.43 Å². The molecule has 0 aliphatic heterocycles. The van der Waals surface area contributed by atoms with E-state index in [4.69, 9.17) is 0 Å². The van der Waals surface area contributed by atoms with E-state index in [2.05, 4.69) is 18.6 Å². The Balaban J connectivity index is 3.58. The third-order valence-corrected chi connectivity index (χ3v) is 0.903. The normalized spacial score (nSPS) is 8.90. The Morgan fingerprint density at radius 1 is 1.40 bits per heavy atom. The summed E-state index contributed by atoms with van der Waals surface area (Å²) in [6, 6.07) is 0. The minimum Gasteiger partial charge on any atom is -0.280 e. The minimum atomic E-state index is 0.598. The minimum absolute atomic E-state index is 0.598.